The van der Waals surface area contributed by atoms with Crippen molar-refractivity contribution in [3.63, 3.8) is 0 Å². The van der Waals surface area contributed by atoms with Crippen LogP contribution in [0.2, 0.25) is 5.02 Å². The molecule has 0 spiro atoms. The van der Waals surface area contributed by atoms with Gasteiger partial charge in [0.25, 0.3) is 5.91 Å². The van der Waals surface area contributed by atoms with E-state index >= 15 is 0 Å². The molecule has 1 unspecified atom stereocenters. The van der Waals surface area contributed by atoms with E-state index in [1.807, 2.05) is 6.92 Å². The van der Waals surface area contributed by atoms with Gasteiger partial charge in [-0.1, -0.05) is 30.7 Å². The minimum atomic E-state index is -0.380. The molecule has 1 atom stereocenters. The topological polar surface area (TPSA) is 78.4 Å². The summed E-state index contributed by atoms with van der Waals surface area (Å²) >= 11 is 5.89. The second kappa shape index (κ2) is 8.55. The Bertz CT molecular complexity index is 465. The van der Waals surface area contributed by atoms with Crippen LogP contribution in [0, 0.1) is 5.92 Å². The number of aliphatic hydroxyl groups is 1. The van der Waals surface area contributed by atoms with Crippen molar-refractivity contribution in [1.29, 1.82) is 0 Å². The molecule has 0 aromatic heterocycles. The second-order valence-corrected chi connectivity index (χ2v) is 4.99. The molecule has 20 heavy (non-hydrogen) atoms. The third-order valence-electron chi connectivity index (χ3n) is 2.80. The minimum Gasteiger partial charge on any atom is -0.396 e. The Morgan fingerprint density at radius 1 is 1.30 bits per heavy atom. The zero-order valence-corrected chi connectivity index (χ0v) is 12.1. The van der Waals surface area contributed by atoms with E-state index in [4.69, 9.17) is 16.7 Å². The predicted molar refractivity (Wildman–Crippen MR) is 77.7 cm³/mol. The Labute approximate surface area is 123 Å². The van der Waals surface area contributed by atoms with Crippen LogP contribution in [-0.2, 0) is 4.79 Å². The first kappa shape index (κ1) is 16.5. The van der Waals surface area contributed by atoms with E-state index in [-0.39, 0.29) is 30.9 Å². The fourth-order valence-electron chi connectivity index (χ4n) is 1.57. The van der Waals surface area contributed by atoms with Gasteiger partial charge in [0.15, 0.2) is 0 Å². The monoisotopic (exact) mass is 298 g/mol. The Kier molecular flexibility index (Phi) is 7.04. The smallest absolute Gasteiger partial charge is 0.253 e. The van der Waals surface area contributed by atoms with E-state index in [9.17, 15) is 9.59 Å². The van der Waals surface area contributed by atoms with E-state index in [1.54, 1.807) is 24.3 Å². The largest absolute Gasteiger partial charge is 0.396 e. The number of aliphatic hydroxyl groups excluding tert-OH is 1. The molecule has 6 heteroatoms. The molecule has 0 aliphatic rings. The van der Waals surface area contributed by atoms with Crippen LogP contribution in [-0.4, -0.2) is 36.6 Å². The zero-order valence-electron chi connectivity index (χ0n) is 11.4. The van der Waals surface area contributed by atoms with Crippen molar-refractivity contribution >= 4 is 23.4 Å². The van der Waals surface area contributed by atoms with Gasteiger partial charge in [-0.15, -0.1) is 0 Å². The van der Waals surface area contributed by atoms with Gasteiger partial charge < -0.3 is 15.7 Å². The Hall–Kier alpha value is -1.59. The van der Waals surface area contributed by atoms with E-state index in [0.29, 0.717) is 23.6 Å². The summed E-state index contributed by atoms with van der Waals surface area (Å²) in [4.78, 5) is 23.4. The highest BCUT2D eigenvalue weighted by Crippen LogP contribution is 2.14. The van der Waals surface area contributed by atoms with Crippen LogP contribution in [0.5, 0.6) is 0 Å². The van der Waals surface area contributed by atoms with Crippen LogP contribution in [0.3, 0.4) is 0 Å². The number of amides is 2. The summed E-state index contributed by atoms with van der Waals surface area (Å²) in [5, 5.41) is 14.3. The van der Waals surface area contributed by atoms with E-state index in [2.05, 4.69) is 10.6 Å². The number of hydrogen-bond donors (Lipinski definition) is 3. The molecule has 1 rings (SSSR count). The number of halogens is 1. The van der Waals surface area contributed by atoms with Crippen LogP contribution >= 0.6 is 11.6 Å². The third kappa shape index (κ3) is 5.59. The lowest BCUT2D eigenvalue weighted by Crippen LogP contribution is -2.38. The van der Waals surface area contributed by atoms with E-state index in [1.165, 1.54) is 0 Å². The van der Waals surface area contributed by atoms with Crippen LogP contribution in [0.1, 0.15) is 23.7 Å². The van der Waals surface area contributed by atoms with Crippen molar-refractivity contribution in [2.24, 2.45) is 5.92 Å². The molecule has 0 saturated heterocycles. The summed E-state index contributed by atoms with van der Waals surface area (Å²) in [7, 11) is 0. The van der Waals surface area contributed by atoms with E-state index < -0.39 is 0 Å². The Morgan fingerprint density at radius 2 is 2.00 bits per heavy atom. The lowest BCUT2D eigenvalue weighted by molar-refractivity contribution is -0.120. The highest BCUT2D eigenvalue weighted by atomic mass is 35.5. The molecule has 0 radical (unpaired) electrons. The maximum Gasteiger partial charge on any atom is 0.253 e. The average molecular weight is 299 g/mol. The lowest BCUT2D eigenvalue weighted by Gasteiger charge is -2.11. The fraction of sp³-hybridized carbons (Fsp3) is 0.429. The standard InChI is InChI=1S/C14H19ClN2O3/c1-10(6-7-18)8-16-13(19)9-17-14(20)11-4-2-3-5-12(11)15/h2-5,10,18H,6-9H2,1H3,(H,16,19)(H,17,20). The molecule has 1 aromatic rings. The first-order chi connectivity index (χ1) is 9.54. The van der Waals surface area contributed by atoms with Gasteiger partial charge in [0.1, 0.15) is 0 Å². The van der Waals surface area contributed by atoms with Crippen LogP contribution in [0.25, 0.3) is 0 Å². The van der Waals surface area contributed by atoms with Crippen molar-refractivity contribution < 1.29 is 14.7 Å². The van der Waals surface area contributed by atoms with Gasteiger partial charge in [-0.3, -0.25) is 9.59 Å². The molecule has 0 fully saturated rings. The number of carbonyl (C=O) groups is 2. The maximum absolute atomic E-state index is 11.8. The van der Waals surface area contributed by atoms with Gasteiger partial charge in [-0.25, -0.2) is 0 Å². The van der Waals surface area contributed by atoms with Crippen molar-refractivity contribution in [1.82, 2.24) is 10.6 Å². The molecule has 110 valence electrons. The first-order valence-corrected chi connectivity index (χ1v) is 6.82. The fourth-order valence-corrected chi connectivity index (χ4v) is 1.80. The third-order valence-corrected chi connectivity index (χ3v) is 3.13. The number of rotatable bonds is 7. The van der Waals surface area contributed by atoms with Gasteiger partial charge in [-0.2, -0.15) is 0 Å². The van der Waals surface area contributed by atoms with Crippen LogP contribution < -0.4 is 10.6 Å². The molecule has 3 N–H and O–H groups in total. The van der Waals surface area contributed by atoms with Gasteiger partial charge in [0, 0.05) is 13.2 Å². The number of hydrogen-bond acceptors (Lipinski definition) is 3. The zero-order chi connectivity index (χ0) is 15.0. The molecule has 1 aromatic carbocycles. The van der Waals surface area contributed by atoms with Gasteiger partial charge in [0.05, 0.1) is 17.1 Å². The van der Waals surface area contributed by atoms with Crippen molar-refractivity contribution in [3.05, 3.63) is 34.9 Å². The van der Waals surface area contributed by atoms with E-state index in [0.717, 1.165) is 0 Å². The Balaban J connectivity index is 2.34. The quantitative estimate of drug-likeness (QED) is 0.708. The minimum absolute atomic E-state index is 0.0975. The average Bonchev–Trinajstić information content (AvgIpc) is 2.43. The summed E-state index contributed by atoms with van der Waals surface area (Å²) in [5.41, 5.74) is 0.343. The van der Waals surface area contributed by atoms with Crippen molar-refractivity contribution in [2.75, 3.05) is 19.7 Å². The molecule has 5 nitrogen and oxygen atoms in total. The SMILES string of the molecule is CC(CCO)CNC(=O)CNC(=O)c1ccccc1Cl. The van der Waals surface area contributed by atoms with Crippen LogP contribution in [0.15, 0.2) is 24.3 Å². The molecule has 2 amide bonds. The summed E-state index contributed by atoms with van der Waals surface area (Å²) < 4.78 is 0. The Morgan fingerprint density at radius 3 is 2.65 bits per heavy atom. The number of nitrogens with one attached hydrogen (secondary N) is 2. The van der Waals surface area contributed by atoms with Gasteiger partial charge in [0.2, 0.25) is 5.91 Å². The molecule has 0 saturated carbocycles. The molecule has 0 bridgehead atoms. The van der Waals surface area contributed by atoms with Crippen molar-refractivity contribution in [3.8, 4) is 0 Å². The van der Waals surface area contributed by atoms with Gasteiger partial charge in [-0.05, 0) is 24.5 Å². The molecule has 0 aliphatic heterocycles. The first-order valence-electron chi connectivity index (χ1n) is 6.45. The van der Waals surface area contributed by atoms with Gasteiger partial charge >= 0.3 is 0 Å². The number of carbonyl (C=O) groups excluding carboxylic acids is 2. The lowest BCUT2D eigenvalue weighted by atomic mass is 10.1. The molecular formula is C14H19ClN2O3. The predicted octanol–water partition coefficient (Wildman–Crippen LogP) is 1.20. The highest BCUT2D eigenvalue weighted by molar-refractivity contribution is 6.33. The van der Waals surface area contributed by atoms with Crippen LogP contribution in [0.4, 0.5) is 0 Å². The highest BCUT2D eigenvalue weighted by Gasteiger charge is 2.11. The maximum atomic E-state index is 11.8. The molecule has 0 heterocycles. The molecular weight excluding hydrogens is 280 g/mol. The number of benzene rings is 1. The normalized spacial score (nSPS) is 11.8. The second-order valence-electron chi connectivity index (χ2n) is 4.58. The summed E-state index contributed by atoms with van der Waals surface area (Å²) in [6.07, 6.45) is 0.631. The molecule has 0 aliphatic carbocycles. The summed E-state index contributed by atoms with van der Waals surface area (Å²) in [5.74, 6) is -0.451. The summed E-state index contributed by atoms with van der Waals surface area (Å²) in [6, 6.07) is 6.65. The van der Waals surface area contributed by atoms with Crippen molar-refractivity contribution in [2.45, 2.75) is 13.3 Å². The summed E-state index contributed by atoms with van der Waals surface area (Å²) in [6.45, 7) is 2.40.